The second kappa shape index (κ2) is 10.3. The second-order valence-electron chi connectivity index (χ2n) is 6.65. The van der Waals surface area contributed by atoms with Gasteiger partial charge in [0.15, 0.2) is 5.76 Å². The van der Waals surface area contributed by atoms with E-state index in [0.29, 0.717) is 40.2 Å². The van der Waals surface area contributed by atoms with Crippen molar-refractivity contribution in [1.82, 2.24) is 10.5 Å². The van der Waals surface area contributed by atoms with Crippen LogP contribution in [0.25, 0.3) is 17.0 Å². The molecule has 0 saturated heterocycles. The monoisotopic (exact) mass is 435 g/mol. The van der Waals surface area contributed by atoms with Crippen molar-refractivity contribution in [1.29, 1.82) is 0 Å². The van der Waals surface area contributed by atoms with Crippen molar-refractivity contribution in [2.75, 3.05) is 5.32 Å². The summed E-state index contributed by atoms with van der Waals surface area (Å²) in [6, 6.07) is 16.4. The van der Waals surface area contributed by atoms with Gasteiger partial charge in [0.1, 0.15) is 11.5 Å². The molecule has 0 aliphatic heterocycles. The summed E-state index contributed by atoms with van der Waals surface area (Å²) in [5.74, 6) is 0.965. The van der Waals surface area contributed by atoms with Crippen molar-refractivity contribution in [2.45, 2.75) is 13.5 Å². The van der Waals surface area contributed by atoms with Crippen LogP contribution in [0.2, 0.25) is 5.02 Å². The first-order chi connectivity index (χ1) is 14.9. The zero-order chi connectivity index (χ0) is 22.2. The number of amides is 1. The summed E-state index contributed by atoms with van der Waals surface area (Å²) in [6.07, 6.45) is 3.23. The van der Waals surface area contributed by atoms with Crippen molar-refractivity contribution in [2.24, 2.45) is 10.7 Å². The van der Waals surface area contributed by atoms with E-state index in [1.54, 1.807) is 30.5 Å². The third-order valence-electron chi connectivity index (χ3n) is 4.17. The zero-order valence-corrected chi connectivity index (χ0v) is 17.7. The molecule has 0 aliphatic rings. The molecular formula is C23H22ClN5O2. The summed E-state index contributed by atoms with van der Waals surface area (Å²) in [5.41, 5.74) is 9.71. The summed E-state index contributed by atoms with van der Waals surface area (Å²) in [7, 11) is 0. The number of hydrogen-bond donors (Lipinski definition) is 3. The Hall–Kier alpha value is -3.84. The molecule has 0 unspecified atom stereocenters. The van der Waals surface area contributed by atoms with E-state index in [-0.39, 0.29) is 5.91 Å². The van der Waals surface area contributed by atoms with Crippen LogP contribution in [0.15, 0.2) is 82.6 Å². The van der Waals surface area contributed by atoms with E-state index >= 15 is 0 Å². The summed E-state index contributed by atoms with van der Waals surface area (Å²) in [4.78, 5) is 15.3. The Bertz CT molecular complexity index is 1130. The van der Waals surface area contributed by atoms with Gasteiger partial charge in [-0.1, -0.05) is 47.6 Å². The molecule has 0 aliphatic carbocycles. The Balaban J connectivity index is 1.52. The van der Waals surface area contributed by atoms with Crippen LogP contribution >= 0.6 is 11.6 Å². The molecule has 31 heavy (non-hydrogen) atoms. The van der Waals surface area contributed by atoms with Gasteiger partial charge in [-0.2, -0.15) is 0 Å². The highest BCUT2D eigenvalue weighted by molar-refractivity contribution is 6.30. The van der Waals surface area contributed by atoms with E-state index in [2.05, 4.69) is 27.4 Å². The van der Waals surface area contributed by atoms with Crippen LogP contribution in [0.5, 0.6) is 0 Å². The topological polar surface area (TPSA) is 106 Å². The number of nitrogens with one attached hydrogen (secondary N) is 2. The van der Waals surface area contributed by atoms with Gasteiger partial charge in [0, 0.05) is 41.2 Å². The van der Waals surface area contributed by atoms with Crippen LogP contribution in [0.3, 0.4) is 0 Å². The van der Waals surface area contributed by atoms with E-state index in [1.165, 1.54) is 6.92 Å². The molecule has 0 bridgehead atoms. The van der Waals surface area contributed by atoms with Gasteiger partial charge in [-0.15, -0.1) is 0 Å². The lowest BCUT2D eigenvalue weighted by Crippen LogP contribution is -2.09. The van der Waals surface area contributed by atoms with E-state index in [0.717, 1.165) is 11.1 Å². The van der Waals surface area contributed by atoms with Gasteiger partial charge in [-0.05, 0) is 35.9 Å². The van der Waals surface area contributed by atoms with Crippen molar-refractivity contribution in [3.8, 4) is 11.3 Å². The fourth-order valence-corrected chi connectivity index (χ4v) is 2.86. The molecule has 1 heterocycles. The lowest BCUT2D eigenvalue weighted by atomic mass is 10.1. The smallest absolute Gasteiger partial charge is 0.221 e. The van der Waals surface area contributed by atoms with Crippen LogP contribution < -0.4 is 16.4 Å². The van der Waals surface area contributed by atoms with Gasteiger partial charge in [0.05, 0.1) is 6.54 Å². The number of aromatic nitrogens is 1. The predicted molar refractivity (Wildman–Crippen MR) is 124 cm³/mol. The minimum Gasteiger partial charge on any atom is -0.398 e. The maximum atomic E-state index is 11.1. The van der Waals surface area contributed by atoms with E-state index < -0.39 is 0 Å². The molecule has 0 radical (unpaired) electrons. The molecule has 7 nitrogen and oxygen atoms in total. The molecule has 0 saturated carbocycles. The molecule has 2 aromatic carbocycles. The Kier molecular flexibility index (Phi) is 7.24. The molecule has 4 N–H and O–H groups in total. The van der Waals surface area contributed by atoms with Gasteiger partial charge in [0.2, 0.25) is 5.91 Å². The third kappa shape index (κ3) is 6.58. The van der Waals surface area contributed by atoms with Crippen LogP contribution in [0.4, 0.5) is 5.69 Å². The molecular weight excluding hydrogens is 414 g/mol. The molecule has 0 spiro atoms. The molecule has 3 aromatic rings. The number of benzene rings is 2. The van der Waals surface area contributed by atoms with Crippen molar-refractivity contribution < 1.29 is 9.32 Å². The average Bonchev–Trinajstić information content (AvgIpc) is 3.21. The zero-order valence-electron chi connectivity index (χ0n) is 16.9. The minimum atomic E-state index is -0.125. The maximum Gasteiger partial charge on any atom is 0.221 e. The highest BCUT2D eigenvalue weighted by atomic mass is 35.5. The fourth-order valence-electron chi connectivity index (χ4n) is 2.67. The van der Waals surface area contributed by atoms with Gasteiger partial charge < -0.3 is 20.9 Å². The van der Waals surface area contributed by atoms with Crippen LogP contribution in [0.1, 0.15) is 18.2 Å². The Morgan fingerprint density at radius 2 is 2.03 bits per heavy atom. The van der Waals surface area contributed by atoms with E-state index in [9.17, 15) is 4.79 Å². The quantitative estimate of drug-likeness (QED) is 0.449. The number of anilines is 1. The van der Waals surface area contributed by atoms with E-state index in [4.69, 9.17) is 21.9 Å². The number of nitrogens with two attached hydrogens (primary N) is 1. The van der Waals surface area contributed by atoms with Crippen LogP contribution in [-0.4, -0.2) is 17.3 Å². The largest absolute Gasteiger partial charge is 0.398 e. The molecule has 158 valence electrons. The SMILES string of the molecule is C=C(N=C/C=C(\N)c1ccc(NC(C)=O)cc1)NCc1cc(-c2cccc(Cl)c2)no1. The number of halogens is 1. The fraction of sp³-hybridized carbons (Fsp3) is 0.0870. The van der Waals surface area contributed by atoms with Gasteiger partial charge in [-0.25, -0.2) is 4.99 Å². The average molecular weight is 436 g/mol. The summed E-state index contributed by atoms with van der Waals surface area (Å²) >= 11 is 6.01. The van der Waals surface area contributed by atoms with Crippen LogP contribution in [0, 0.1) is 0 Å². The number of carbonyl (C=O) groups excluding carboxylic acids is 1. The van der Waals surface area contributed by atoms with Gasteiger partial charge in [0.25, 0.3) is 0 Å². The van der Waals surface area contributed by atoms with Crippen molar-refractivity contribution in [3.05, 3.63) is 89.4 Å². The first kappa shape index (κ1) is 21.9. The molecule has 3 rings (SSSR count). The summed E-state index contributed by atoms with van der Waals surface area (Å²) in [6.45, 7) is 5.70. The molecule has 0 atom stereocenters. The number of nitrogens with zero attached hydrogens (tertiary/aromatic N) is 2. The Labute approximate surface area is 185 Å². The first-order valence-electron chi connectivity index (χ1n) is 9.43. The minimum absolute atomic E-state index is 0.125. The highest BCUT2D eigenvalue weighted by Gasteiger charge is 2.07. The van der Waals surface area contributed by atoms with Crippen LogP contribution in [-0.2, 0) is 11.3 Å². The lowest BCUT2D eigenvalue weighted by molar-refractivity contribution is -0.114. The third-order valence-corrected chi connectivity index (χ3v) is 4.40. The molecule has 0 fully saturated rings. The van der Waals surface area contributed by atoms with E-state index in [1.807, 2.05) is 36.4 Å². The predicted octanol–water partition coefficient (Wildman–Crippen LogP) is 4.58. The lowest BCUT2D eigenvalue weighted by Gasteiger charge is -2.04. The normalized spacial score (nSPS) is 11.5. The standard InChI is InChI=1S/C23H22ClN5O2/c1-15(26-11-10-22(25)17-6-8-20(9-7-17)28-16(2)30)27-14-21-13-23(29-31-21)18-4-3-5-19(24)12-18/h3-13,27H,1,14,25H2,2H3,(H,28,30)/b22-10-,26-11?. The Morgan fingerprint density at radius 3 is 2.74 bits per heavy atom. The number of hydrogen-bond acceptors (Lipinski definition) is 6. The number of rotatable bonds is 8. The molecule has 8 heteroatoms. The highest BCUT2D eigenvalue weighted by Crippen LogP contribution is 2.22. The summed E-state index contributed by atoms with van der Waals surface area (Å²) in [5, 5.41) is 10.5. The maximum absolute atomic E-state index is 11.1. The molecule has 1 aromatic heterocycles. The first-order valence-corrected chi connectivity index (χ1v) is 9.80. The number of allylic oxidation sites excluding steroid dienone is 1. The van der Waals surface area contributed by atoms with Gasteiger partial charge >= 0.3 is 0 Å². The second-order valence-corrected chi connectivity index (χ2v) is 7.08. The number of aliphatic imine (C=N–C) groups is 1. The van der Waals surface area contributed by atoms with Crippen molar-refractivity contribution >= 4 is 35.1 Å². The van der Waals surface area contributed by atoms with Crippen molar-refractivity contribution in [3.63, 3.8) is 0 Å². The Morgan fingerprint density at radius 1 is 1.26 bits per heavy atom. The molecule has 1 amide bonds. The van der Waals surface area contributed by atoms with Gasteiger partial charge in [-0.3, -0.25) is 4.79 Å². The summed E-state index contributed by atoms with van der Waals surface area (Å²) < 4.78 is 5.34. The number of carbonyl (C=O) groups is 1.